The molecule has 0 bridgehead atoms. The highest BCUT2D eigenvalue weighted by Gasteiger charge is 2.08. The monoisotopic (exact) mass is 271 g/mol. The molecule has 0 saturated carbocycles. The zero-order chi connectivity index (χ0) is 11.3. The predicted octanol–water partition coefficient (Wildman–Crippen LogP) is 0.320. The largest absolute Gasteiger partial charge is 0.358 e. The van der Waals surface area contributed by atoms with E-state index >= 15 is 0 Å². The van der Waals surface area contributed by atoms with E-state index in [1.165, 1.54) is 7.05 Å². The van der Waals surface area contributed by atoms with Gasteiger partial charge in [-0.3, -0.25) is 9.59 Å². The lowest BCUT2D eigenvalue weighted by atomic mass is 10.3. The van der Waals surface area contributed by atoms with Crippen LogP contribution < -0.4 is 10.6 Å². The van der Waals surface area contributed by atoms with Gasteiger partial charge in [0, 0.05) is 7.05 Å². The molecule has 80 valence electrons. The standard InChI is InChI=1S/C9H10BrN3O2/c1-11-8(14)5-12-9(15)6-3-2-4-7(10)13-6/h2-4H,5H2,1H3,(H,11,14)(H,12,15). The molecule has 1 aromatic heterocycles. The highest BCUT2D eigenvalue weighted by molar-refractivity contribution is 9.10. The summed E-state index contributed by atoms with van der Waals surface area (Å²) in [7, 11) is 1.51. The molecule has 0 aliphatic carbocycles. The number of amides is 2. The Labute approximate surface area is 95.4 Å². The van der Waals surface area contributed by atoms with E-state index in [1.807, 2.05) is 0 Å². The van der Waals surface area contributed by atoms with E-state index < -0.39 is 0 Å². The first-order valence-electron chi connectivity index (χ1n) is 4.25. The molecule has 0 spiro atoms. The first-order chi connectivity index (χ1) is 7.13. The zero-order valence-electron chi connectivity index (χ0n) is 8.08. The van der Waals surface area contributed by atoms with Crippen LogP contribution in [-0.4, -0.2) is 30.4 Å². The van der Waals surface area contributed by atoms with Crippen LogP contribution in [0.1, 0.15) is 10.5 Å². The molecule has 1 rings (SSSR count). The third kappa shape index (κ3) is 3.67. The molecule has 0 saturated heterocycles. The van der Waals surface area contributed by atoms with Crippen LogP contribution in [0, 0.1) is 0 Å². The number of hydrogen-bond acceptors (Lipinski definition) is 3. The molecule has 1 heterocycles. The molecule has 0 fully saturated rings. The normalized spacial score (nSPS) is 9.47. The Hall–Kier alpha value is -1.43. The van der Waals surface area contributed by atoms with Crippen molar-refractivity contribution in [3.63, 3.8) is 0 Å². The van der Waals surface area contributed by atoms with Gasteiger partial charge in [0.25, 0.3) is 5.91 Å². The second-order valence-electron chi connectivity index (χ2n) is 2.70. The van der Waals surface area contributed by atoms with Crippen molar-refractivity contribution in [1.82, 2.24) is 15.6 Å². The lowest BCUT2D eigenvalue weighted by molar-refractivity contribution is -0.119. The quantitative estimate of drug-likeness (QED) is 0.778. The Bertz CT molecular complexity index is 381. The molecule has 0 radical (unpaired) electrons. The maximum atomic E-state index is 11.4. The summed E-state index contributed by atoms with van der Waals surface area (Å²) in [6.07, 6.45) is 0. The second kappa shape index (κ2) is 5.45. The topological polar surface area (TPSA) is 71.1 Å². The Kier molecular flexibility index (Phi) is 4.23. The molecule has 1 aromatic rings. The molecule has 0 aromatic carbocycles. The van der Waals surface area contributed by atoms with E-state index in [1.54, 1.807) is 18.2 Å². The lowest BCUT2D eigenvalue weighted by Crippen LogP contribution is -2.35. The van der Waals surface area contributed by atoms with E-state index in [4.69, 9.17) is 0 Å². The number of nitrogens with zero attached hydrogens (tertiary/aromatic N) is 1. The average Bonchev–Trinajstić information content (AvgIpc) is 2.25. The predicted molar refractivity (Wildman–Crippen MR) is 58.3 cm³/mol. The maximum Gasteiger partial charge on any atom is 0.270 e. The van der Waals surface area contributed by atoms with Gasteiger partial charge in [-0.25, -0.2) is 4.98 Å². The molecule has 0 aliphatic heterocycles. The summed E-state index contributed by atoms with van der Waals surface area (Å²) in [5.74, 6) is -0.627. The number of rotatable bonds is 3. The van der Waals surface area contributed by atoms with Gasteiger partial charge in [-0.05, 0) is 28.1 Å². The van der Waals surface area contributed by atoms with Crippen LogP contribution in [0.3, 0.4) is 0 Å². The van der Waals surface area contributed by atoms with E-state index in [0.29, 0.717) is 4.60 Å². The van der Waals surface area contributed by atoms with Crippen LogP contribution in [0.25, 0.3) is 0 Å². The van der Waals surface area contributed by atoms with Gasteiger partial charge in [0.2, 0.25) is 5.91 Å². The van der Waals surface area contributed by atoms with Crippen molar-refractivity contribution in [2.75, 3.05) is 13.6 Å². The molecule has 6 heteroatoms. The Morgan fingerprint density at radius 2 is 2.20 bits per heavy atom. The Morgan fingerprint density at radius 3 is 2.80 bits per heavy atom. The van der Waals surface area contributed by atoms with Crippen molar-refractivity contribution in [1.29, 1.82) is 0 Å². The molecule has 15 heavy (non-hydrogen) atoms. The highest BCUT2D eigenvalue weighted by Crippen LogP contribution is 2.05. The molecular formula is C9H10BrN3O2. The summed E-state index contributed by atoms with van der Waals surface area (Å²) in [5.41, 5.74) is 0.272. The van der Waals surface area contributed by atoms with E-state index in [9.17, 15) is 9.59 Å². The van der Waals surface area contributed by atoms with Crippen LogP contribution >= 0.6 is 15.9 Å². The molecular weight excluding hydrogens is 262 g/mol. The maximum absolute atomic E-state index is 11.4. The minimum atomic E-state index is -0.375. The number of pyridine rings is 1. The SMILES string of the molecule is CNC(=O)CNC(=O)c1cccc(Br)n1. The van der Waals surface area contributed by atoms with Crippen molar-refractivity contribution in [3.8, 4) is 0 Å². The first kappa shape index (κ1) is 11.6. The fourth-order valence-electron chi connectivity index (χ4n) is 0.874. The van der Waals surface area contributed by atoms with Crippen LogP contribution in [0.4, 0.5) is 0 Å². The van der Waals surface area contributed by atoms with E-state index in [2.05, 4.69) is 31.5 Å². The van der Waals surface area contributed by atoms with Crippen LogP contribution in [0.2, 0.25) is 0 Å². The average molecular weight is 272 g/mol. The second-order valence-corrected chi connectivity index (χ2v) is 3.51. The third-order valence-corrected chi connectivity index (χ3v) is 2.08. The summed E-state index contributed by atoms with van der Waals surface area (Å²) in [6.45, 7) is -0.0521. The fourth-order valence-corrected chi connectivity index (χ4v) is 1.22. The van der Waals surface area contributed by atoms with Gasteiger partial charge < -0.3 is 10.6 Å². The number of nitrogens with one attached hydrogen (secondary N) is 2. The number of halogens is 1. The van der Waals surface area contributed by atoms with Gasteiger partial charge in [-0.15, -0.1) is 0 Å². The summed E-state index contributed by atoms with van der Waals surface area (Å²) < 4.78 is 0.579. The fraction of sp³-hybridized carbons (Fsp3) is 0.222. The van der Waals surface area contributed by atoms with Crippen molar-refractivity contribution in [2.45, 2.75) is 0 Å². The number of carbonyl (C=O) groups is 2. The highest BCUT2D eigenvalue weighted by atomic mass is 79.9. The number of carbonyl (C=O) groups excluding carboxylic acids is 2. The summed E-state index contributed by atoms with van der Waals surface area (Å²) in [5, 5.41) is 4.84. The molecule has 0 atom stereocenters. The number of aromatic nitrogens is 1. The van der Waals surface area contributed by atoms with Crippen molar-refractivity contribution < 1.29 is 9.59 Å². The van der Waals surface area contributed by atoms with Gasteiger partial charge in [-0.1, -0.05) is 6.07 Å². The van der Waals surface area contributed by atoms with Crippen molar-refractivity contribution in [2.24, 2.45) is 0 Å². The van der Waals surface area contributed by atoms with Gasteiger partial charge in [-0.2, -0.15) is 0 Å². The molecule has 5 nitrogen and oxygen atoms in total. The van der Waals surface area contributed by atoms with Gasteiger partial charge in [0.15, 0.2) is 0 Å². The number of likely N-dealkylation sites (N-methyl/N-ethyl adjacent to an activating group) is 1. The van der Waals surface area contributed by atoms with Gasteiger partial charge >= 0.3 is 0 Å². The Balaban J connectivity index is 2.58. The van der Waals surface area contributed by atoms with E-state index in [0.717, 1.165) is 0 Å². The van der Waals surface area contributed by atoms with Gasteiger partial charge in [0.1, 0.15) is 10.3 Å². The smallest absolute Gasteiger partial charge is 0.270 e. The Morgan fingerprint density at radius 1 is 1.47 bits per heavy atom. The van der Waals surface area contributed by atoms with Crippen molar-refractivity contribution >= 4 is 27.7 Å². The van der Waals surface area contributed by atoms with Crippen LogP contribution in [0.5, 0.6) is 0 Å². The van der Waals surface area contributed by atoms with Crippen LogP contribution in [0.15, 0.2) is 22.8 Å². The number of hydrogen-bond donors (Lipinski definition) is 2. The molecule has 2 N–H and O–H groups in total. The first-order valence-corrected chi connectivity index (χ1v) is 5.04. The summed E-state index contributed by atoms with van der Waals surface area (Å²) >= 11 is 3.15. The summed E-state index contributed by atoms with van der Waals surface area (Å²) in [6, 6.07) is 4.99. The summed E-state index contributed by atoms with van der Waals surface area (Å²) in [4.78, 5) is 26.3. The van der Waals surface area contributed by atoms with E-state index in [-0.39, 0.29) is 24.1 Å². The molecule has 2 amide bonds. The van der Waals surface area contributed by atoms with Crippen molar-refractivity contribution in [3.05, 3.63) is 28.5 Å². The molecule has 0 unspecified atom stereocenters. The minimum Gasteiger partial charge on any atom is -0.358 e. The minimum absolute atomic E-state index is 0.0521. The van der Waals surface area contributed by atoms with Crippen LogP contribution in [-0.2, 0) is 4.79 Å². The zero-order valence-corrected chi connectivity index (χ0v) is 9.67. The van der Waals surface area contributed by atoms with Gasteiger partial charge in [0.05, 0.1) is 6.54 Å². The molecule has 0 aliphatic rings. The third-order valence-electron chi connectivity index (χ3n) is 1.64. The lowest BCUT2D eigenvalue weighted by Gasteiger charge is -2.03.